The van der Waals surface area contributed by atoms with E-state index in [1.807, 2.05) is 54.6 Å². The first kappa shape index (κ1) is 15.0. The highest BCUT2D eigenvalue weighted by Crippen LogP contribution is 2.23. The minimum Gasteiger partial charge on any atom is -0.244 e. The highest BCUT2D eigenvalue weighted by Gasteiger charge is 2.10. The zero-order valence-corrected chi connectivity index (χ0v) is 13.7. The molecule has 0 aliphatic rings. The predicted octanol–water partition coefficient (Wildman–Crippen LogP) is 3.57. The fraction of sp³-hybridized carbons (Fsp3) is 0.0526. The minimum absolute atomic E-state index is 0.458. The maximum absolute atomic E-state index is 4.24. The van der Waals surface area contributed by atoms with Crippen LogP contribution in [0.1, 0.15) is 11.1 Å². The van der Waals surface area contributed by atoms with Gasteiger partial charge in [-0.2, -0.15) is 9.78 Å². The van der Waals surface area contributed by atoms with E-state index < -0.39 is 0 Å². The number of aryl methyl sites for hydroxylation is 1. The molecule has 0 fully saturated rings. The maximum Gasteiger partial charge on any atom is 0.268 e. The number of nitrogens with one attached hydrogen (secondary N) is 1. The Morgan fingerprint density at radius 3 is 2.64 bits per heavy atom. The van der Waals surface area contributed by atoms with Crippen molar-refractivity contribution < 1.29 is 0 Å². The molecule has 25 heavy (non-hydrogen) atoms. The van der Waals surface area contributed by atoms with Crippen molar-refractivity contribution >= 4 is 22.9 Å². The molecule has 1 aromatic heterocycles. The number of rotatable bonds is 4. The van der Waals surface area contributed by atoms with E-state index in [1.54, 1.807) is 10.9 Å². The Hall–Kier alpha value is -3.54. The van der Waals surface area contributed by atoms with Crippen LogP contribution in [-0.4, -0.2) is 26.4 Å². The third kappa shape index (κ3) is 3.10. The standard InChI is InChI=1S/C19H16N6/c1-14-9-11-15(12-10-14)13-20-21-19-22-23-24-25(19)18-8-4-6-16-5-2-3-7-17(16)18/h2-13H,1H3,(H,21,22,24). The second-order valence-corrected chi connectivity index (χ2v) is 5.69. The van der Waals surface area contributed by atoms with Crippen LogP contribution in [0.15, 0.2) is 71.8 Å². The monoisotopic (exact) mass is 328 g/mol. The molecule has 6 heteroatoms. The van der Waals surface area contributed by atoms with Crippen molar-refractivity contribution in [1.82, 2.24) is 20.2 Å². The SMILES string of the molecule is Cc1ccc(C=NNc2nnnn2-c2cccc3ccccc23)cc1. The Morgan fingerprint density at radius 2 is 1.76 bits per heavy atom. The van der Waals surface area contributed by atoms with Gasteiger partial charge in [0.25, 0.3) is 5.95 Å². The number of nitrogens with zero attached hydrogens (tertiary/aromatic N) is 5. The smallest absolute Gasteiger partial charge is 0.244 e. The summed E-state index contributed by atoms with van der Waals surface area (Å²) in [4.78, 5) is 0. The average Bonchev–Trinajstić information content (AvgIpc) is 3.11. The Morgan fingerprint density at radius 1 is 0.960 bits per heavy atom. The third-order valence-electron chi connectivity index (χ3n) is 3.92. The van der Waals surface area contributed by atoms with Gasteiger partial charge in [-0.3, -0.25) is 0 Å². The lowest BCUT2D eigenvalue weighted by molar-refractivity contribution is 0.794. The number of fused-ring (bicyclic) bond motifs is 1. The van der Waals surface area contributed by atoms with Gasteiger partial charge < -0.3 is 0 Å². The lowest BCUT2D eigenvalue weighted by Gasteiger charge is -2.07. The first-order valence-electron chi connectivity index (χ1n) is 7.93. The summed E-state index contributed by atoms with van der Waals surface area (Å²) in [5.41, 5.74) is 6.03. The molecule has 0 spiro atoms. The van der Waals surface area contributed by atoms with Crippen LogP contribution in [-0.2, 0) is 0 Å². The Balaban J connectivity index is 1.63. The summed E-state index contributed by atoms with van der Waals surface area (Å²) in [6.45, 7) is 2.05. The number of hydrazone groups is 1. The molecule has 0 unspecified atom stereocenters. The number of benzene rings is 3. The van der Waals surface area contributed by atoms with Crippen molar-refractivity contribution in [2.75, 3.05) is 5.43 Å². The quantitative estimate of drug-likeness (QED) is 0.459. The van der Waals surface area contributed by atoms with Gasteiger partial charge in [0, 0.05) is 5.39 Å². The second-order valence-electron chi connectivity index (χ2n) is 5.69. The topological polar surface area (TPSA) is 68.0 Å². The predicted molar refractivity (Wildman–Crippen MR) is 99.1 cm³/mol. The van der Waals surface area contributed by atoms with Gasteiger partial charge in [-0.05, 0) is 34.4 Å². The van der Waals surface area contributed by atoms with Crippen molar-refractivity contribution in [3.05, 3.63) is 77.9 Å². The lowest BCUT2D eigenvalue weighted by atomic mass is 10.1. The van der Waals surface area contributed by atoms with Crippen molar-refractivity contribution in [3.8, 4) is 5.69 Å². The molecular weight excluding hydrogens is 312 g/mol. The van der Waals surface area contributed by atoms with Crippen LogP contribution < -0.4 is 5.43 Å². The molecule has 6 nitrogen and oxygen atoms in total. The van der Waals surface area contributed by atoms with Crippen LogP contribution in [0, 0.1) is 6.92 Å². The molecule has 0 bridgehead atoms. The van der Waals surface area contributed by atoms with E-state index in [4.69, 9.17) is 0 Å². The van der Waals surface area contributed by atoms with E-state index in [9.17, 15) is 0 Å². The first-order valence-corrected chi connectivity index (χ1v) is 7.93. The number of tetrazole rings is 1. The van der Waals surface area contributed by atoms with E-state index in [0.717, 1.165) is 22.0 Å². The van der Waals surface area contributed by atoms with Crippen LogP contribution in [0.2, 0.25) is 0 Å². The van der Waals surface area contributed by atoms with Crippen molar-refractivity contribution in [1.29, 1.82) is 0 Å². The molecule has 0 amide bonds. The van der Waals surface area contributed by atoms with Gasteiger partial charge in [0.2, 0.25) is 0 Å². The van der Waals surface area contributed by atoms with Crippen molar-refractivity contribution in [3.63, 3.8) is 0 Å². The fourth-order valence-corrected chi connectivity index (χ4v) is 2.63. The van der Waals surface area contributed by atoms with Crippen molar-refractivity contribution in [2.24, 2.45) is 5.10 Å². The summed E-state index contributed by atoms with van der Waals surface area (Å²) in [6.07, 6.45) is 1.74. The van der Waals surface area contributed by atoms with Gasteiger partial charge in [0.05, 0.1) is 11.9 Å². The van der Waals surface area contributed by atoms with Gasteiger partial charge in [0.15, 0.2) is 0 Å². The summed E-state index contributed by atoms with van der Waals surface area (Å²) >= 11 is 0. The average molecular weight is 328 g/mol. The molecule has 0 radical (unpaired) electrons. The van der Waals surface area contributed by atoms with Gasteiger partial charge in [-0.25, -0.2) is 5.43 Å². The molecule has 1 N–H and O–H groups in total. The normalized spacial score (nSPS) is 11.2. The largest absolute Gasteiger partial charge is 0.268 e. The van der Waals surface area contributed by atoms with Crippen LogP contribution >= 0.6 is 0 Å². The van der Waals surface area contributed by atoms with Gasteiger partial charge in [0.1, 0.15) is 0 Å². The minimum atomic E-state index is 0.458. The summed E-state index contributed by atoms with van der Waals surface area (Å²) in [6, 6.07) is 22.2. The number of anilines is 1. The Bertz CT molecular complexity index is 1030. The Labute approximate surface area is 144 Å². The molecule has 3 aromatic carbocycles. The summed E-state index contributed by atoms with van der Waals surface area (Å²) in [5.74, 6) is 0.458. The molecule has 122 valence electrons. The molecule has 4 aromatic rings. The molecular formula is C19H16N6. The van der Waals surface area contributed by atoms with E-state index in [-0.39, 0.29) is 0 Å². The van der Waals surface area contributed by atoms with Crippen LogP contribution in [0.25, 0.3) is 16.5 Å². The third-order valence-corrected chi connectivity index (χ3v) is 3.92. The van der Waals surface area contributed by atoms with E-state index >= 15 is 0 Å². The van der Waals surface area contributed by atoms with Gasteiger partial charge >= 0.3 is 0 Å². The van der Waals surface area contributed by atoms with Gasteiger partial charge in [-0.1, -0.05) is 71.3 Å². The molecule has 4 rings (SSSR count). The highest BCUT2D eigenvalue weighted by molar-refractivity contribution is 5.90. The molecule has 1 heterocycles. The van der Waals surface area contributed by atoms with Crippen LogP contribution in [0.3, 0.4) is 0 Å². The molecule has 0 saturated heterocycles. The molecule has 0 atom stereocenters. The number of hydrogen-bond acceptors (Lipinski definition) is 5. The highest BCUT2D eigenvalue weighted by atomic mass is 15.6. The lowest BCUT2D eigenvalue weighted by Crippen LogP contribution is -2.04. The van der Waals surface area contributed by atoms with Crippen LogP contribution in [0.4, 0.5) is 5.95 Å². The molecule has 0 saturated carbocycles. The Kier molecular flexibility index (Phi) is 3.92. The van der Waals surface area contributed by atoms with Crippen molar-refractivity contribution in [2.45, 2.75) is 6.92 Å². The molecule has 0 aliphatic carbocycles. The molecule has 0 aliphatic heterocycles. The summed E-state index contributed by atoms with van der Waals surface area (Å²) in [5, 5.41) is 18.3. The van der Waals surface area contributed by atoms with E-state index in [1.165, 1.54) is 5.56 Å². The number of aromatic nitrogens is 4. The van der Waals surface area contributed by atoms with Crippen LogP contribution in [0.5, 0.6) is 0 Å². The number of hydrogen-bond donors (Lipinski definition) is 1. The summed E-state index contributed by atoms with van der Waals surface area (Å²) < 4.78 is 1.65. The van der Waals surface area contributed by atoms with E-state index in [2.05, 4.69) is 45.1 Å². The van der Waals surface area contributed by atoms with Gasteiger partial charge in [-0.15, -0.1) is 0 Å². The maximum atomic E-state index is 4.24. The zero-order chi connectivity index (χ0) is 17.1. The van der Waals surface area contributed by atoms with E-state index in [0.29, 0.717) is 5.95 Å². The fourth-order valence-electron chi connectivity index (χ4n) is 2.63. The zero-order valence-electron chi connectivity index (χ0n) is 13.7. The summed E-state index contributed by atoms with van der Waals surface area (Å²) in [7, 11) is 0. The first-order chi connectivity index (χ1) is 12.3. The second kappa shape index (κ2) is 6.52.